The number of amides is 2. The van der Waals surface area contributed by atoms with Gasteiger partial charge in [0, 0.05) is 0 Å². The van der Waals surface area contributed by atoms with Crippen molar-refractivity contribution in [1.82, 2.24) is 0 Å². The molecule has 1 aromatic carbocycles. The van der Waals surface area contributed by atoms with Crippen molar-refractivity contribution in [2.24, 2.45) is 11.8 Å². The zero-order valence-electron chi connectivity index (χ0n) is 11.2. The van der Waals surface area contributed by atoms with Gasteiger partial charge in [0.05, 0.1) is 17.5 Å². The minimum absolute atomic E-state index is 0.0358. The number of carbonyl (C=O) groups is 2. The summed E-state index contributed by atoms with van der Waals surface area (Å²) in [5.41, 5.74) is 3.04. The highest BCUT2D eigenvalue weighted by Crippen LogP contribution is 2.39. The van der Waals surface area contributed by atoms with Crippen molar-refractivity contribution < 1.29 is 9.59 Å². The summed E-state index contributed by atoms with van der Waals surface area (Å²) < 4.78 is 0. The van der Waals surface area contributed by atoms with Crippen LogP contribution in [0.5, 0.6) is 0 Å². The Balaban J connectivity index is 1.95. The third-order valence-corrected chi connectivity index (χ3v) is 4.12. The molecule has 0 spiro atoms. The number of aryl methyl sites for hydroxylation is 1. The van der Waals surface area contributed by atoms with E-state index in [2.05, 4.69) is 6.08 Å². The van der Waals surface area contributed by atoms with E-state index < -0.39 is 0 Å². The molecule has 0 unspecified atom stereocenters. The second-order valence-electron chi connectivity index (χ2n) is 5.55. The number of imide groups is 1. The normalized spacial score (nSPS) is 26.4. The SMILES string of the molecule is CC1=CC[C@@H]2C(=O)N(c3ccc(C)cc3)C(=O)[C@@H]2C1. The summed E-state index contributed by atoms with van der Waals surface area (Å²) in [7, 11) is 0. The second-order valence-corrected chi connectivity index (χ2v) is 5.55. The Morgan fingerprint density at radius 3 is 2.32 bits per heavy atom. The van der Waals surface area contributed by atoms with Crippen molar-refractivity contribution in [3.8, 4) is 0 Å². The summed E-state index contributed by atoms with van der Waals surface area (Å²) in [5.74, 6) is -0.384. The van der Waals surface area contributed by atoms with Gasteiger partial charge in [-0.2, -0.15) is 0 Å². The van der Waals surface area contributed by atoms with Gasteiger partial charge in [-0.25, -0.2) is 0 Å². The van der Waals surface area contributed by atoms with Gasteiger partial charge in [-0.15, -0.1) is 0 Å². The minimum Gasteiger partial charge on any atom is -0.274 e. The predicted molar refractivity (Wildman–Crippen MR) is 73.6 cm³/mol. The Labute approximate surface area is 112 Å². The van der Waals surface area contributed by atoms with Gasteiger partial charge in [0.15, 0.2) is 0 Å². The fourth-order valence-electron chi connectivity index (χ4n) is 2.99. The maximum absolute atomic E-state index is 12.5. The van der Waals surface area contributed by atoms with Gasteiger partial charge in [0.1, 0.15) is 0 Å². The molecule has 2 aliphatic rings. The van der Waals surface area contributed by atoms with Crippen molar-refractivity contribution >= 4 is 17.5 Å². The van der Waals surface area contributed by atoms with Crippen LogP contribution in [0.4, 0.5) is 5.69 Å². The Bertz CT molecular complexity index is 571. The summed E-state index contributed by atoms with van der Waals surface area (Å²) in [5, 5.41) is 0. The highest BCUT2D eigenvalue weighted by atomic mass is 16.2. The summed E-state index contributed by atoms with van der Waals surface area (Å²) in [6.45, 7) is 4.02. The molecule has 19 heavy (non-hydrogen) atoms. The molecule has 2 atom stereocenters. The fourth-order valence-corrected chi connectivity index (χ4v) is 2.99. The van der Waals surface area contributed by atoms with E-state index in [0.29, 0.717) is 12.1 Å². The summed E-state index contributed by atoms with van der Waals surface area (Å²) >= 11 is 0. The average molecular weight is 255 g/mol. The number of hydrogen-bond acceptors (Lipinski definition) is 2. The van der Waals surface area contributed by atoms with Crippen molar-refractivity contribution in [3.63, 3.8) is 0 Å². The van der Waals surface area contributed by atoms with Crippen molar-refractivity contribution in [3.05, 3.63) is 41.5 Å². The van der Waals surface area contributed by atoms with Gasteiger partial charge in [-0.1, -0.05) is 29.3 Å². The molecule has 0 aromatic heterocycles. The molecule has 1 aliphatic carbocycles. The van der Waals surface area contributed by atoms with Crippen LogP contribution >= 0.6 is 0 Å². The first-order valence-corrected chi connectivity index (χ1v) is 6.68. The van der Waals surface area contributed by atoms with Crippen LogP contribution in [0.25, 0.3) is 0 Å². The highest BCUT2D eigenvalue weighted by Gasteiger charge is 2.48. The Morgan fingerprint density at radius 1 is 1.00 bits per heavy atom. The monoisotopic (exact) mass is 255 g/mol. The first-order chi connectivity index (χ1) is 9.08. The molecule has 3 nitrogen and oxygen atoms in total. The summed E-state index contributed by atoms with van der Waals surface area (Å²) in [4.78, 5) is 26.3. The van der Waals surface area contributed by atoms with Crippen molar-refractivity contribution in [2.75, 3.05) is 4.90 Å². The Hall–Kier alpha value is -1.90. The molecule has 1 heterocycles. The number of nitrogens with zero attached hydrogens (tertiary/aromatic N) is 1. The maximum Gasteiger partial charge on any atom is 0.238 e. The minimum atomic E-state index is -0.155. The summed E-state index contributed by atoms with van der Waals surface area (Å²) in [6, 6.07) is 7.56. The van der Waals surface area contributed by atoms with Crippen LogP contribution in [-0.4, -0.2) is 11.8 Å². The van der Waals surface area contributed by atoms with Crippen molar-refractivity contribution in [2.45, 2.75) is 26.7 Å². The Morgan fingerprint density at radius 2 is 1.63 bits per heavy atom. The lowest BCUT2D eigenvalue weighted by atomic mass is 9.82. The molecule has 0 radical (unpaired) electrons. The number of allylic oxidation sites excluding steroid dienone is 2. The van der Waals surface area contributed by atoms with Crippen LogP contribution in [0.3, 0.4) is 0 Å². The third-order valence-electron chi connectivity index (χ3n) is 4.12. The van der Waals surface area contributed by atoms with E-state index in [1.165, 1.54) is 10.5 Å². The van der Waals surface area contributed by atoms with Crippen LogP contribution in [0.15, 0.2) is 35.9 Å². The molecule has 2 amide bonds. The molecular weight excluding hydrogens is 238 g/mol. The van der Waals surface area contributed by atoms with E-state index in [1.54, 1.807) is 0 Å². The molecular formula is C16H17NO2. The molecule has 0 saturated carbocycles. The first-order valence-electron chi connectivity index (χ1n) is 6.68. The van der Waals surface area contributed by atoms with E-state index in [1.807, 2.05) is 38.1 Å². The molecule has 0 N–H and O–H groups in total. The maximum atomic E-state index is 12.5. The van der Waals surface area contributed by atoms with Gasteiger partial charge in [0.25, 0.3) is 0 Å². The number of benzene rings is 1. The molecule has 1 saturated heterocycles. The van der Waals surface area contributed by atoms with E-state index in [0.717, 1.165) is 12.0 Å². The second kappa shape index (κ2) is 4.34. The van der Waals surface area contributed by atoms with E-state index in [4.69, 9.17) is 0 Å². The van der Waals surface area contributed by atoms with Gasteiger partial charge in [-0.3, -0.25) is 14.5 Å². The molecule has 3 heteroatoms. The lowest BCUT2D eigenvalue weighted by molar-refractivity contribution is -0.122. The van der Waals surface area contributed by atoms with E-state index in [9.17, 15) is 9.59 Å². The van der Waals surface area contributed by atoms with E-state index in [-0.39, 0.29) is 23.7 Å². The van der Waals surface area contributed by atoms with Gasteiger partial charge >= 0.3 is 0 Å². The summed E-state index contributed by atoms with van der Waals surface area (Å²) in [6.07, 6.45) is 3.51. The molecule has 1 aliphatic heterocycles. The van der Waals surface area contributed by atoms with Crippen molar-refractivity contribution in [1.29, 1.82) is 0 Å². The third kappa shape index (κ3) is 1.89. The number of carbonyl (C=O) groups excluding carboxylic acids is 2. The quantitative estimate of drug-likeness (QED) is 0.571. The van der Waals surface area contributed by atoms with Crippen LogP contribution in [0, 0.1) is 18.8 Å². The Kier molecular flexibility index (Phi) is 2.77. The number of anilines is 1. The molecule has 98 valence electrons. The fraction of sp³-hybridized carbons (Fsp3) is 0.375. The molecule has 1 aromatic rings. The largest absolute Gasteiger partial charge is 0.274 e. The van der Waals surface area contributed by atoms with Crippen LogP contribution in [0.1, 0.15) is 25.3 Å². The highest BCUT2D eigenvalue weighted by molar-refractivity contribution is 6.22. The topological polar surface area (TPSA) is 37.4 Å². The van der Waals surface area contributed by atoms with Crippen LogP contribution < -0.4 is 4.90 Å². The standard InChI is InChI=1S/C16H17NO2/c1-10-3-6-12(7-4-10)17-15(18)13-8-5-11(2)9-14(13)16(17)19/h3-7,13-14H,8-9H2,1-2H3/t13-,14+/m0/s1. The first kappa shape index (κ1) is 12.2. The van der Waals surface area contributed by atoms with Crippen LogP contribution in [0.2, 0.25) is 0 Å². The lowest BCUT2D eigenvalue weighted by Gasteiger charge is -2.18. The van der Waals surface area contributed by atoms with Gasteiger partial charge < -0.3 is 0 Å². The number of fused-ring (bicyclic) bond motifs is 1. The predicted octanol–water partition coefficient (Wildman–Crippen LogP) is 2.84. The molecule has 3 rings (SSSR count). The zero-order chi connectivity index (χ0) is 13.6. The zero-order valence-corrected chi connectivity index (χ0v) is 11.2. The number of hydrogen-bond donors (Lipinski definition) is 0. The smallest absolute Gasteiger partial charge is 0.238 e. The lowest BCUT2D eigenvalue weighted by Crippen LogP contribution is -2.30. The number of rotatable bonds is 1. The molecule has 1 fully saturated rings. The van der Waals surface area contributed by atoms with E-state index >= 15 is 0 Å². The van der Waals surface area contributed by atoms with Gasteiger partial charge in [-0.05, 0) is 38.8 Å². The van der Waals surface area contributed by atoms with Crippen LogP contribution in [-0.2, 0) is 9.59 Å². The molecule has 0 bridgehead atoms. The average Bonchev–Trinajstić information content (AvgIpc) is 2.63. The van der Waals surface area contributed by atoms with Gasteiger partial charge in [0.2, 0.25) is 11.8 Å².